The van der Waals surface area contributed by atoms with Gasteiger partial charge in [0.1, 0.15) is 0 Å². The molecule has 0 radical (unpaired) electrons. The number of benzene rings is 1. The van der Waals surface area contributed by atoms with Crippen molar-refractivity contribution in [2.24, 2.45) is 0 Å². The van der Waals surface area contributed by atoms with E-state index in [9.17, 15) is 4.79 Å². The number of hydrogen-bond acceptors (Lipinski definition) is 3. The minimum atomic E-state index is -0.0202. The highest BCUT2D eigenvalue weighted by atomic mass is 16.1. The summed E-state index contributed by atoms with van der Waals surface area (Å²) >= 11 is 0. The molecule has 4 nitrogen and oxygen atoms in total. The summed E-state index contributed by atoms with van der Waals surface area (Å²) < 4.78 is 1.73. The molecule has 0 aliphatic carbocycles. The van der Waals surface area contributed by atoms with Gasteiger partial charge in [0.2, 0.25) is 0 Å². The topological polar surface area (TPSA) is 47.8 Å². The number of aryl methyl sites for hydroxylation is 2. The second-order valence-electron chi connectivity index (χ2n) is 5.64. The quantitative estimate of drug-likeness (QED) is 0.743. The monoisotopic (exact) mass is 293 g/mol. The Morgan fingerprint density at radius 3 is 2.59 bits per heavy atom. The summed E-state index contributed by atoms with van der Waals surface area (Å²) in [6.45, 7) is 6.07. The second kappa shape index (κ2) is 5.72. The zero-order chi connectivity index (χ0) is 15.7. The molecule has 0 amide bonds. The first-order valence-corrected chi connectivity index (χ1v) is 7.50. The normalized spacial score (nSPS) is 12.5. The maximum Gasteiger partial charge on any atom is 0.261 e. The number of pyridine rings is 1. The second-order valence-corrected chi connectivity index (χ2v) is 5.64. The third kappa shape index (κ3) is 2.41. The van der Waals surface area contributed by atoms with Gasteiger partial charge in [-0.2, -0.15) is 0 Å². The average Bonchev–Trinajstić information content (AvgIpc) is 2.52. The van der Waals surface area contributed by atoms with Crippen LogP contribution in [-0.2, 0) is 0 Å². The number of hydrogen-bond donors (Lipinski definition) is 0. The maximum absolute atomic E-state index is 12.9. The highest BCUT2D eigenvalue weighted by Gasteiger charge is 2.15. The lowest BCUT2D eigenvalue weighted by Crippen LogP contribution is -2.26. The van der Waals surface area contributed by atoms with Gasteiger partial charge in [-0.3, -0.25) is 14.3 Å². The third-order valence-electron chi connectivity index (χ3n) is 4.03. The first-order chi connectivity index (χ1) is 10.6. The molecule has 0 N–H and O–H groups in total. The summed E-state index contributed by atoms with van der Waals surface area (Å²) in [5.74, 6) is 0. The van der Waals surface area contributed by atoms with Crippen LogP contribution in [0.25, 0.3) is 10.9 Å². The van der Waals surface area contributed by atoms with Crippen molar-refractivity contribution in [2.75, 3.05) is 0 Å². The number of fused-ring (bicyclic) bond motifs is 1. The van der Waals surface area contributed by atoms with E-state index in [2.05, 4.69) is 23.0 Å². The lowest BCUT2D eigenvalue weighted by atomic mass is 10.0. The molecular weight excluding hydrogens is 274 g/mol. The molecule has 0 aliphatic rings. The van der Waals surface area contributed by atoms with E-state index in [1.54, 1.807) is 23.3 Å². The predicted molar refractivity (Wildman–Crippen MR) is 88.1 cm³/mol. The minimum Gasteiger partial charge on any atom is -0.291 e. The molecule has 0 spiro atoms. The lowest BCUT2D eigenvalue weighted by molar-refractivity contribution is 0.544. The van der Waals surface area contributed by atoms with Crippen LogP contribution < -0.4 is 5.56 Å². The fourth-order valence-electron chi connectivity index (χ4n) is 3.01. The molecule has 0 fully saturated rings. The van der Waals surface area contributed by atoms with Crippen LogP contribution >= 0.6 is 0 Å². The van der Waals surface area contributed by atoms with E-state index < -0.39 is 0 Å². The zero-order valence-corrected chi connectivity index (χ0v) is 13.1. The summed E-state index contributed by atoms with van der Waals surface area (Å²) in [6, 6.07) is 7.86. The molecule has 4 heteroatoms. The Morgan fingerprint density at radius 2 is 1.91 bits per heavy atom. The van der Waals surface area contributed by atoms with Gasteiger partial charge in [0.25, 0.3) is 5.56 Å². The van der Waals surface area contributed by atoms with Crippen molar-refractivity contribution in [1.29, 1.82) is 0 Å². The summed E-state index contributed by atoms with van der Waals surface area (Å²) in [6.07, 6.45) is 6.00. The van der Waals surface area contributed by atoms with Gasteiger partial charge >= 0.3 is 0 Å². The molecule has 3 aromatic rings. The molecule has 1 atom stereocenters. The Hall–Kier alpha value is -2.49. The molecule has 0 unspecified atom stereocenters. The number of nitrogens with zero attached hydrogens (tertiary/aromatic N) is 3. The van der Waals surface area contributed by atoms with Gasteiger partial charge in [-0.05, 0) is 55.2 Å². The number of rotatable bonds is 3. The molecule has 2 heterocycles. The summed E-state index contributed by atoms with van der Waals surface area (Å²) in [5.41, 5.74) is 4.00. The van der Waals surface area contributed by atoms with Crippen molar-refractivity contribution >= 4 is 10.9 Å². The van der Waals surface area contributed by atoms with Crippen LogP contribution in [0.1, 0.15) is 36.1 Å². The van der Waals surface area contributed by atoms with Gasteiger partial charge in [-0.15, -0.1) is 0 Å². The highest BCUT2D eigenvalue weighted by Crippen LogP contribution is 2.21. The molecule has 112 valence electrons. The van der Waals surface area contributed by atoms with Crippen LogP contribution in [-0.4, -0.2) is 14.5 Å². The molecule has 2 aromatic heterocycles. The Bertz CT molecular complexity index is 869. The van der Waals surface area contributed by atoms with E-state index in [-0.39, 0.29) is 11.6 Å². The smallest absolute Gasteiger partial charge is 0.261 e. The van der Waals surface area contributed by atoms with Crippen LogP contribution in [0.15, 0.2) is 47.8 Å². The van der Waals surface area contributed by atoms with Gasteiger partial charge in [0, 0.05) is 12.4 Å². The lowest BCUT2D eigenvalue weighted by Gasteiger charge is -2.19. The number of aromatic nitrogens is 3. The standard InChI is InChI=1S/C18H19N3O/c1-4-16(14-5-7-19-8-6-14)21-11-20-17-13(3)9-12(2)10-15(17)18(21)22/h5-11,16H,4H2,1-3H3/t16-/m1/s1. The average molecular weight is 293 g/mol. The summed E-state index contributed by atoms with van der Waals surface area (Å²) in [7, 11) is 0. The fourth-order valence-corrected chi connectivity index (χ4v) is 3.01. The van der Waals surface area contributed by atoms with E-state index in [0.29, 0.717) is 5.39 Å². The van der Waals surface area contributed by atoms with Crippen molar-refractivity contribution in [3.05, 3.63) is 70.0 Å². The van der Waals surface area contributed by atoms with Gasteiger partial charge in [-0.25, -0.2) is 4.98 Å². The van der Waals surface area contributed by atoms with Gasteiger partial charge < -0.3 is 0 Å². The van der Waals surface area contributed by atoms with Crippen LogP contribution in [0.4, 0.5) is 0 Å². The Labute approximate surface area is 129 Å². The Kier molecular flexibility index (Phi) is 3.75. The molecule has 0 aliphatic heterocycles. The van der Waals surface area contributed by atoms with Crippen LogP contribution in [0, 0.1) is 13.8 Å². The predicted octanol–water partition coefficient (Wildman–Crippen LogP) is 3.41. The van der Waals surface area contributed by atoms with E-state index in [1.165, 1.54) is 0 Å². The molecule has 0 bridgehead atoms. The van der Waals surface area contributed by atoms with E-state index >= 15 is 0 Å². The van der Waals surface area contributed by atoms with Gasteiger partial charge in [0.05, 0.1) is 23.3 Å². The Balaban J connectivity index is 2.23. The molecule has 1 aromatic carbocycles. The third-order valence-corrected chi connectivity index (χ3v) is 4.03. The zero-order valence-electron chi connectivity index (χ0n) is 13.1. The van der Waals surface area contributed by atoms with E-state index in [0.717, 1.165) is 28.6 Å². The van der Waals surface area contributed by atoms with Crippen molar-refractivity contribution in [1.82, 2.24) is 14.5 Å². The largest absolute Gasteiger partial charge is 0.291 e. The van der Waals surface area contributed by atoms with E-state index in [4.69, 9.17) is 0 Å². The van der Waals surface area contributed by atoms with Gasteiger partial charge in [0.15, 0.2) is 0 Å². The van der Waals surface area contributed by atoms with Crippen molar-refractivity contribution in [3.63, 3.8) is 0 Å². The van der Waals surface area contributed by atoms with Crippen LogP contribution in [0.3, 0.4) is 0 Å². The first-order valence-electron chi connectivity index (χ1n) is 7.50. The minimum absolute atomic E-state index is 0.0143. The first kappa shape index (κ1) is 14.4. The summed E-state index contributed by atoms with van der Waals surface area (Å²) in [4.78, 5) is 21.5. The SMILES string of the molecule is CC[C@H](c1ccncc1)n1cnc2c(C)cc(C)cc2c1=O. The highest BCUT2D eigenvalue weighted by molar-refractivity contribution is 5.81. The van der Waals surface area contributed by atoms with Crippen molar-refractivity contribution in [2.45, 2.75) is 33.2 Å². The molecular formula is C18H19N3O. The summed E-state index contributed by atoms with van der Waals surface area (Å²) in [5, 5.41) is 0.688. The van der Waals surface area contributed by atoms with Crippen LogP contribution in [0.2, 0.25) is 0 Å². The van der Waals surface area contributed by atoms with E-state index in [1.807, 2.05) is 32.0 Å². The van der Waals surface area contributed by atoms with Crippen molar-refractivity contribution in [3.8, 4) is 0 Å². The fraction of sp³-hybridized carbons (Fsp3) is 0.278. The molecule has 22 heavy (non-hydrogen) atoms. The molecule has 0 saturated heterocycles. The van der Waals surface area contributed by atoms with Crippen molar-refractivity contribution < 1.29 is 0 Å². The molecule has 0 saturated carbocycles. The Morgan fingerprint density at radius 1 is 1.18 bits per heavy atom. The maximum atomic E-state index is 12.9. The molecule has 3 rings (SSSR count). The van der Waals surface area contributed by atoms with Crippen LogP contribution in [0.5, 0.6) is 0 Å². The van der Waals surface area contributed by atoms with Gasteiger partial charge in [-0.1, -0.05) is 13.0 Å².